The Bertz CT molecular complexity index is 2050. The van der Waals surface area contributed by atoms with E-state index in [9.17, 15) is 58.2 Å². The molecule has 1 fully saturated rings. The third kappa shape index (κ3) is 23.3. The maximum atomic E-state index is 14.4. The highest BCUT2D eigenvalue weighted by atomic mass is 16.3. The average Bonchev–Trinajstić information content (AvgIpc) is 3.36. The second-order valence-electron chi connectivity index (χ2n) is 19.2. The highest BCUT2D eigenvalue weighted by Gasteiger charge is 2.37. The monoisotopic (exact) mass is 1080 g/mol. The van der Waals surface area contributed by atoms with Crippen molar-refractivity contribution in [1.82, 2.24) is 53.2 Å². The van der Waals surface area contributed by atoms with Gasteiger partial charge < -0.3 is 92.0 Å². The average molecular weight is 1080 g/mol. The van der Waals surface area contributed by atoms with Gasteiger partial charge in [-0.2, -0.15) is 0 Å². The van der Waals surface area contributed by atoms with E-state index in [4.69, 9.17) is 28.7 Å². The topological polar surface area (TPSA) is 462 Å². The first-order valence-electron chi connectivity index (χ1n) is 26.0. The Morgan fingerprint density at radius 1 is 0.592 bits per heavy atom. The van der Waals surface area contributed by atoms with Gasteiger partial charge in [0.15, 0.2) is 0 Å². The Morgan fingerprint density at radius 2 is 1.11 bits per heavy atom. The van der Waals surface area contributed by atoms with E-state index in [0.29, 0.717) is 31.4 Å². The number of unbranched alkanes of at least 4 members (excludes halogenated alkanes) is 2. The summed E-state index contributed by atoms with van der Waals surface area (Å²) in [5.41, 5.74) is 29.6. The van der Waals surface area contributed by atoms with Crippen LogP contribution in [-0.2, 0) is 54.4 Å². The Morgan fingerprint density at radius 3 is 1.62 bits per heavy atom. The molecule has 0 aromatic heterocycles. The minimum Gasteiger partial charge on any atom is -0.391 e. The van der Waals surface area contributed by atoms with Crippen LogP contribution in [0.3, 0.4) is 0 Å². The van der Waals surface area contributed by atoms with Crippen LogP contribution in [0.4, 0.5) is 0 Å². The molecule has 1 aromatic rings. The van der Waals surface area contributed by atoms with Gasteiger partial charge in [0.25, 0.3) is 0 Å². The van der Waals surface area contributed by atoms with Crippen LogP contribution in [0.2, 0.25) is 0 Å². The van der Waals surface area contributed by atoms with Crippen molar-refractivity contribution in [2.75, 3.05) is 39.3 Å². The summed E-state index contributed by atoms with van der Waals surface area (Å²) in [6.45, 7) is 5.48. The van der Waals surface area contributed by atoms with Crippen molar-refractivity contribution in [3.05, 3.63) is 35.9 Å². The molecule has 1 heterocycles. The highest BCUT2D eigenvalue weighted by molar-refractivity contribution is 5.99. The molecule has 0 spiro atoms. The standard InChI is InChI=1S/C49H85N15O12/c1-27(2)25-36-46(73)58-31(14-20-51)41(68)57-34(17-23-54)45(72)64-39(28(3)65)48(75)55-24-18-35(44(71)56-32(15-21-52)43(70)62-37(47(74)61-36)26-30-11-7-5-8-12-30)59-42(69)33(16-22-53)60-49(76)40(29(4)66)63-38(67)13-9-6-10-19-50/h5,7-8,11-12,27-29,31-37,39-40,65-66H,6,9-10,13-26,50-54H2,1-4H3,(H,55,75)(H,56,71)(H,57,68)(H,58,73)(H,59,69)(H,60,76)(H,61,74)(H,62,70)(H,63,67)(H,64,72)/t28?,29?,31-,32-,33-,34-,35-,36-,37+,39?,40-/m0/s1. The molecule has 1 aliphatic heterocycles. The number of hydrogen-bond acceptors (Lipinski definition) is 17. The van der Waals surface area contributed by atoms with Gasteiger partial charge in [-0.1, -0.05) is 50.6 Å². The molecule has 0 aliphatic carbocycles. The Balaban J connectivity index is 2.71. The fourth-order valence-electron chi connectivity index (χ4n) is 8.03. The zero-order chi connectivity index (χ0) is 56.9. The molecule has 0 saturated carbocycles. The summed E-state index contributed by atoms with van der Waals surface area (Å²) in [7, 11) is 0. The van der Waals surface area contributed by atoms with Crippen molar-refractivity contribution in [3.63, 3.8) is 0 Å². The molecule has 22 N–H and O–H groups in total. The molecular formula is C49H85N15O12. The predicted octanol–water partition coefficient (Wildman–Crippen LogP) is -6.17. The summed E-state index contributed by atoms with van der Waals surface area (Å²) in [6, 6.07) is -4.53. The van der Waals surface area contributed by atoms with Crippen molar-refractivity contribution >= 4 is 59.1 Å². The quantitative estimate of drug-likeness (QED) is 0.0428. The van der Waals surface area contributed by atoms with Crippen molar-refractivity contribution in [3.8, 4) is 0 Å². The normalized spacial score (nSPS) is 23.4. The summed E-state index contributed by atoms with van der Waals surface area (Å²) in [5.74, 6) is -8.91. The summed E-state index contributed by atoms with van der Waals surface area (Å²) in [5, 5.41) is 46.7. The molecule has 1 aliphatic rings. The molecule has 0 bridgehead atoms. The maximum Gasteiger partial charge on any atom is 0.245 e. The Labute approximate surface area is 444 Å². The maximum absolute atomic E-state index is 14.4. The van der Waals surface area contributed by atoms with E-state index in [1.54, 1.807) is 44.2 Å². The van der Waals surface area contributed by atoms with Crippen molar-refractivity contribution < 1.29 is 58.2 Å². The van der Waals surface area contributed by atoms with Gasteiger partial charge in [-0.05, 0) is 109 Å². The van der Waals surface area contributed by atoms with Crippen LogP contribution in [-0.4, -0.2) is 175 Å². The zero-order valence-corrected chi connectivity index (χ0v) is 44.2. The number of rotatable bonds is 24. The van der Waals surface area contributed by atoms with Crippen molar-refractivity contribution in [1.29, 1.82) is 0 Å². The number of nitrogens with one attached hydrogen (secondary N) is 10. The van der Waals surface area contributed by atoms with E-state index in [0.717, 1.165) is 0 Å². The molecule has 76 heavy (non-hydrogen) atoms. The van der Waals surface area contributed by atoms with Gasteiger partial charge in [-0.25, -0.2) is 0 Å². The zero-order valence-electron chi connectivity index (χ0n) is 44.2. The number of carbonyl (C=O) groups excluding carboxylic acids is 10. The van der Waals surface area contributed by atoms with E-state index in [2.05, 4.69) is 53.2 Å². The van der Waals surface area contributed by atoms with Crippen LogP contribution in [0.15, 0.2) is 30.3 Å². The van der Waals surface area contributed by atoms with Gasteiger partial charge >= 0.3 is 0 Å². The number of aliphatic hydroxyl groups excluding tert-OH is 2. The summed E-state index contributed by atoms with van der Waals surface area (Å²) >= 11 is 0. The van der Waals surface area contributed by atoms with Crippen LogP contribution in [0, 0.1) is 5.92 Å². The minimum absolute atomic E-state index is 0.0332. The molecule has 27 nitrogen and oxygen atoms in total. The highest BCUT2D eigenvalue weighted by Crippen LogP contribution is 2.11. The SMILES string of the molecule is CC(C)C[C@@H]1NC(=O)[C@@H](Cc2ccccc2)NC(=O)[C@H](CCN)NC(=O)[C@@H](NC(=O)[C@H](CCN)NC(=O)[C@@H](NC(=O)CCCCCN)C(C)O)CCNC(=O)C(C(C)O)NC(=O)[C@H](CCN)NC(=O)[C@H](CCN)NC1=O. The lowest BCUT2D eigenvalue weighted by molar-refractivity contribution is -0.136. The number of amides is 10. The van der Waals surface area contributed by atoms with Gasteiger partial charge in [0, 0.05) is 19.4 Å². The molecule has 27 heteroatoms. The van der Waals surface area contributed by atoms with Gasteiger partial charge in [0.1, 0.15) is 54.4 Å². The minimum atomic E-state index is -1.66. The lowest BCUT2D eigenvalue weighted by atomic mass is 10.00. The lowest BCUT2D eigenvalue weighted by Crippen LogP contribution is -2.61. The molecule has 11 atom stereocenters. The summed E-state index contributed by atoms with van der Waals surface area (Å²) < 4.78 is 0. The van der Waals surface area contributed by atoms with E-state index in [-0.39, 0.29) is 77.0 Å². The van der Waals surface area contributed by atoms with Crippen LogP contribution in [0.25, 0.3) is 0 Å². The largest absolute Gasteiger partial charge is 0.391 e. The van der Waals surface area contributed by atoms with E-state index in [1.807, 2.05) is 0 Å². The number of carbonyl (C=O) groups is 10. The van der Waals surface area contributed by atoms with E-state index in [1.165, 1.54) is 13.8 Å². The van der Waals surface area contributed by atoms with Gasteiger partial charge in [0.2, 0.25) is 59.1 Å². The molecule has 2 rings (SSSR count). The molecule has 1 saturated heterocycles. The third-order valence-electron chi connectivity index (χ3n) is 12.2. The summed E-state index contributed by atoms with van der Waals surface area (Å²) in [6.07, 6.45) is -2.28. The molecular weight excluding hydrogens is 991 g/mol. The number of nitrogens with two attached hydrogens (primary N) is 5. The second-order valence-corrected chi connectivity index (χ2v) is 19.2. The van der Waals surface area contributed by atoms with Crippen LogP contribution < -0.4 is 81.8 Å². The smallest absolute Gasteiger partial charge is 0.245 e. The molecule has 10 amide bonds. The number of benzene rings is 1. The number of aliphatic hydroxyl groups is 2. The molecule has 428 valence electrons. The molecule has 1 aromatic carbocycles. The Hall–Kier alpha value is -6.36. The van der Waals surface area contributed by atoms with Crippen molar-refractivity contribution in [2.24, 2.45) is 34.6 Å². The fraction of sp³-hybridized carbons (Fsp3) is 0.673. The summed E-state index contributed by atoms with van der Waals surface area (Å²) in [4.78, 5) is 139. The van der Waals surface area contributed by atoms with Gasteiger partial charge in [-0.3, -0.25) is 47.9 Å². The fourth-order valence-corrected chi connectivity index (χ4v) is 8.03. The first-order chi connectivity index (χ1) is 36.1. The Kier molecular flexibility index (Phi) is 30.3. The lowest BCUT2D eigenvalue weighted by Gasteiger charge is -2.28. The molecule has 3 unspecified atom stereocenters. The number of hydrogen-bond donors (Lipinski definition) is 17. The van der Waals surface area contributed by atoms with Crippen LogP contribution in [0.1, 0.15) is 97.5 Å². The van der Waals surface area contributed by atoms with Gasteiger partial charge in [0.05, 0.1) is 12.2 Å². The first-order valence-corrected chi connectivity index (χ1v) is 26.0. The van der Waals surface area contributed by atoms with Crippen LogP contribution in [0.5, 0.6) is 0 Å². The third-order valence-corrected chi connectivity index (χ3v) is 12.2. The van der Waals surface area contributed by atoms with Crippen molar-refractivity contribution in [2.45, 2.75) is 165 Å². The van der Waals surface area contributed by atoms with E-state index < -0.39 is 139 Å². The molecule has 0 radical (unpaired) electrons. The second kappa shape index (κ2) is 35.1. The van der Waals surface area contributed by atoms with Gasteiger partial charge in [-0.15, -0.1) is 0 Å². The first kappa shape index (κ1) is 65.8. The predicted molar refractivity (Wildman–Crippen MR) is 280 cm³/mol. The van der Waals surface area contributed by atoms with Crippen LogP contribution >= 0.6 is 0 Å². The van der Waals surface area contributed by atoms with E-state index >= 15 is 0 Å².